The van der Waals surface area contributed by atoms with Crippen molar-refractivity contribution in [3.8, 4) is 0 Å². The summed E-state index contributed by atoms with van der Waals surface area (Å²) in [7, 11) is 0. The summed E-state index contributed by atoms with van der Waals surface area (Å²) in [5.41, 5.74) is 0. The molecule has 0 aromatic heterocycles. The van der Waals surface area contributed by atoms with Crippen molar-refractivity contribution in [2.45, 2.75) is 12.0 Å². The van der Waals surface area contributed by atoms with Crippen LogP contribution in [0.3, 0.4) is 0 Å². The minimum absolute atomic E-state index is 2.49. The molecule has 0 saturated carbocycles. The average Bonchev–Trinajstić information content (AvgIpc) is 1.84. The molecule has 0 aromatic carbocycles. The van der Waals surface area contributed by atoms with Gasteiger partial charge in [-0.2, -0.15) is 17.6 Å². The molecule has 0 amide bonds. The first-order valence-corrected chi connectivity index (χ1v) is 2.46. The molecule has 0 spiro atoms. The number of rotatable bonds is 3. The Morgan fingerprint density at radius 1 is 1.33 bits per heavy atom. The maximum Gasteiger partial charge on any atom is 0.510 e. The Bertz CT molecular complexity index is 180. The second-order valence-corrected chi connectivity index (χ2v) is 1.72. The van der Waals surface area contributed by atoms with Crippen molar-refractivity contribution in [1.29, 1.82) is 0 Å². The summed E-state index contributed by atoms with van der Waals surface area (Å²) < 4.78 is 61.0. The minimum atomic E-state index is -5.34. The molecule has 12 heavy (non-hydrogen) atoms. The van der Waals surface area contributed by atoms with Crippen LogP contribution in [0.1, 0.15) is 0 Å². The quantitative estimate of drug-likeness (QED) is 0.551. The van der Waals surface area contributed by atoms with Gasteiger partial charge in [-0.15, -0.1) is 0 Å². The van der Waals surface area contributed by atoms with Crippen molar-refractivity contribution < 1.29 is 36.6 Å². The maximum atomic E-state index is 11.9. The number of carboxylic acid groups (broad SMARTS) is 1. The Morgan fingerprint density at radius 3 is 2.00 bits per heavy atom. The highest BCUT2D eigenvalue weighted by molar-refractivity contribution is 5.57. The molecule has 0 aliphatic heterocycles. The number of carbonyl (C=O) groups is 1. The van der Waals surface area contributed by atoms with Gasteiger partial charge in [-0.3, -0.25) is 0 Å². The topological polar surface area (TPSA) is 46.5 Å². The summed E-state index contributed by atoms with van der Waals surface area (Å²) >= 11 is 0. The van der Waals surface area contributed by atoms with Gasteiger partial charge >= 0.3 is 18.2 Å². The molecule has 0 fully saturated rings. The van der Waals surface area contributed by atoms with Gasteiger partial charge in [0.1, 0.15) is 0 Å². The molecule has 0 aliphatic rings. The fraction of sp³-hybridized carbons (Fsp3) is 0.750. The lowest BCUT2D eigenvalue weighted by atomic mass is 10.3. The monoisotopic (exact) mass is 194 g/mol. The van der Waals surface area contributed by atoms with E-state index in [-0.39, 0.29) is 0 Å². The second-order valence-electron chi connectivity index (χ2n) is 1.72. The molecule has 1 N–H and O–H groups in total. The Kier molecular flexibility index (Phi) is 2.83. The van der Waals surface area contributed by atoms with E-state index in [1.807, 2.05) is 0 Å². The van der Waals surface area contributed by atoms with Gasteiger partial charge in [-0.1, -0.05) is 0 Å². The summed E-state index contributed by atoms with van der Waals surface area (Å²) in [5, 5.41) is 7.55. The van der Waals surface area contributed by atoms with E-state index in [2.05, 4.69) is 4.74 Å². The van der Waals surface area contributed by atoms with E-state index in [9.17, 15) is 26.7 Å². The van der Waals surface area contributed by atoms with Gasteiger partial charge in [0.15, 0.2) is 6.67 Å². The zero-order valence-corrected chi connectivity index (χ0v) is 5.36. The van der Waals surface area contributed by atoms with E-state index >= 15 is 0 Å². The van der Waals surface area contributed by atoms with Crippen molar-refractivity contribution >= 4 is 6.16 Å². The molecular weight excluding hydrogens is 191 g/mol. The minimum Gasteiger partial charge on any atom is -0.450 e. The Labute approximate surface area is 62.7 Å². The van der Waals surface area contributed by atoms with Gasteiger partial charge in [-0.05, 0) is 0 Å². The summed E-state index contributed by atoms with van der Waals surface area (Å²) in [6, 6.07) is 0. The zero-order valence-electron chi connectivity index (χ0n) is 5.36. The summed E-state index contributed by atoms with van der Waals surface area (Å²) in [6.07, 6.45) is -7.94. The summed E-state index contributed by atoms with van der Waals surface area (Å²) in [4.78, 5) is 9.42. The first kappa shape index (κ1) is 10.9. The lowest BCUT2D eigenvalue weighted by Crippen LogP contribution is -2.45. The van der Waals surface area contributed by atoms with Crippen LogP contribution in [0.5, 0.6) is 0 Å². The van der Waals surface area contributed by atoms with Crippen molar-refractivity contribution in [3.05, 3.63) is 0 Å². The fourth-order valence-electron chi connectivity index (χ4n) is 0.262. The number of halogens is 5. The molecule has 0 unspecified atom stereocenters. The highest BCUT2D eigenvalue weighted by Gasteiger charge is 2.60. The average molecular weight is 194 g/mol. The van der Waals surface area contributed by atoms with Crippen LogP contribution in [0.15, 0.2) is 0 Å². The zero-order chi connectivity index (χ0) is 9.99. The highest BCUT2D eigenvalue weighted by atomic mass is 19.3. The second kappa shape index (κ2) is 3.11. The summed E-state index contributed by atoms with van der Waals surface area (Å²) in [6.45, 7) is -2.70. The van der Waals surface area contributed by atoms with Crippen LogP contribution in [0, 0.1) is 0 Å². The molecule has 0 atom stereocenters. The third kappa shape index (κ3) is 2.21. The smallest absolute Gasteiger partial charge is 0.450 e. The lowest BCUT2D eigenvalue weighted by molar-refractivity contribution is -0.328. The predicted molar refractivity (Wildman–Crippen MR) is 25.0 cm³/mol. The number of hydrogen-bond acceptors (Lipinski definition) is 2. The molecule has 3 nitrogen and oxygen atoms in total. The van der Waals surface area contributed by atoms with Gasteiger partial charge in [0, 0.05) is 0 Å². The van der Waals surface area contributed by atoms with Crippen LogP contribution in [0.25, 0.3) is 0 Å². The Balaban J connectivity index is 4.48. The highest BCUT2D eigenvalue weighted by Crippen LogP contribution is 2.35. The SMILES string of the molecule is O=C(O)OC(F)(F)C(F)(F)CF. The van der Waals surface area contributed by atoms with Crippen molar-refractivity contribution in [2.24, 2.45) is 0 Å². The normalized spacial score (nSPS) is 12.8. The van der Waals surface area contributed by atoms with E-state index < -0.39 is 24.9 Å². The molecular formula is C4H3F5O3. The molecule has 0 rings (SSSR count). The predicted octanol–water partition coefficient (Wildman–Crippen LogP) is 1.88. The van der Waals surface area contributed by atoms with E-state index in [0.717, 1.165) is 0 Å². The molecule has 8 heteroatoms. The first-order chi connectivity index (χ1) is 5.23. The molecule has 0 radical (unpaired) electrons. The summed E-state index contributed by atoms with van der Waals surface area (Å²) in [5.74, 6) is -5.13. The first-order valence-electron chi connectivity index (χ1n) is 2.46. The Morgan fingerprint density at radius 2 is 1.75 bits per heavy atom. The van der Waals surface area contributed by atoms with Crippen LogP contribution in [0.4, 0.5) is 26.7 Å². The maximum absolute atomic E-state index is 11.9. The molecule has 0 aromatic rings. The largest absolute Gasteiger partial charge is 0.510 e. The van der Waals surface area contributed by atoms with E-state index in [4.69, 9.17) is 5.11 Å². The third-order valence-corrected chi connectivity index (χ3v) is 0.809. The number of ether oxygens (including phenoxy) is 1. The van der Waals surface area contributed by atoms with E-state index in [1.54, 1.807) is 0 Å². The molecule has 72 valence electrons. The van der Waals surface area contributed by atoms with Gasteiger partial charge in [-0.25, -0.2) is 9.18 Å². The number of hydrogen-bond donors (Lipinski definition) is 1. The van der Waals surface area contributed by atoms with Crippen molar-refractivity contribution in [1.82, 2.24) is 0 Å². The van der Waals surface area contributed by atoms with Crippen LogP contribution < -0.4 is 0 Å². The van der Waals surface area contributed by atoms with E-state index in [0.29, 0.717) is 0 Å². The molecule has 0 aliphatic carbocycles. The van der Waals surface area contributed by atoms with Gasteiger partial charge < -0.3 is 9.84 Å². The molecule has 0 bridgehead atoms. The standard InChI is InChI=1S/C4H3F5O3/c5-1-3(6,7)4(8,9)12-2(10)11/h1H2,(H,10,11). The third-order valence-electron chi connectivity index (χ3n) is 0.809. The van der Waals surface area contributed by atoms with Crippen molar-refractivity contribution in [3.63, 3.8) is 0 Å². The Hall–Kier alpha value is -1.08. The van der Waals surface area contributed by atoms with Crippen LogP contribution in [0.2, 0.25) is 0 Å². The van der Waals surface area contributed by atoms with Crippen molar-refractivity contribution in [2.75, 3.05) is 6.67 Å². The van der Waals surface area contributed by atoms with Gasteiger partial charge in [0.2, 0.25) is 0 Å². The van der Waals surface area contributed by atoms with Crippen LogP contribution in [-0.2, 0) is 4.74 Å². The van der Waals surface area contributed by atoms with Crippen LogP contribution in [-0.4, -0.2) is 30.0 Å². The van der Waals surface area contributed by atoms with Crippen LogP contribution >= 0.6 is 0 Å². The number of alkyl halides is 5. The molecule has 0 heterocycles. The lowest BCUT2D eigenvalue weighted by Gasteiger charge is -2.21. The fourth-order valence-corrected chi connectivity index (χ4v) is 0.262. The molecule has 0 saturated heterocycles. The van der Waals surface area contributed by atoms with Gasteiger partial charge in [0.05, 0.1) is 0 Å². The van der Waals surface area contributed by atoms with Gasteiger partial charge in [0.25, 0.3) is 0 Å². The van der Waals surface area contributed by atoms with E-state index in [1.165, 1.54) is 0 Å².